The number of nitrogens with one attached hydrogen (secondary N) is 2. The molecule has 0 saturated heterocycles. The lowest BCUT2D eigenvalue weighted by Gasteiger charge is -2.12. The third kappa shape index (κ3) is 8.72. The molecule has 0 saturated carbocycles. The maximum absolute atomic E-state index is 5.68. The quantitative estimate of drug-likeness (QED) is 0.349. The van der Waals surface area contributed by atoms with Crippen LogP contribution in [0.2, 0.25) is 0 Å². The summed E-state index contributed by atoms with van der Waals surface area (Å²) in [6.45, 7) is 10.7. The first kappa shape index (κ1) is 20.2. The van der Waals surface area contributed by atoms with Crippen LogP contribution in [0.25, 0.3) is 0 Å². The maximum atomic E-state index is 5.68. The Hall–Kier alpha value is -1.82. The van der Waals surface area contributed by atoms with E-state index in [1.54, 1.807) is 6.20 Å². The normalized spacial score (nSPS) is 11.4. The van der Waals surface area contributed by atoms with Crippen molar-refractivity contribution in [1.82, 2.24) is 15.6 Å². The van der Waals surface area contributed by atoms with Crippen LogP contribution in [-0.4, -0.2) is 43.9 Å². The third-order valence-corrected chi connectivity index (χ3v) is 3.26. The zero-order valence-corrected chi connectivity index (χ0v) is 15.3. The molecular formula is C18H32N4O2. The fraction of sp³-hybridized carbons (Fsp3) is 0.667. The highest BCUT2D eigenvalue weighted by Crippen LogP contribution is 2.15. The topological polar surface area (TPSA) is 67.8 Å². The maximum Gasteiger partial charge on any atom is 0.218 e. The lowest BCUT2D eigenvalue weighted by Crippen LogP contribution is -2.37. The lowest BCUT2D eigenvalue weighted by molar-refractivity contribution is 0.143. The molecule has 1 rings (SSSR count). The van der Waals surface area contributed by atoms with E-state index in [2.05, 4.69) is 34.5 Å². The van der Waals surface area contributed by atoms with E-state index < -0.39 is 0 Å². The Morgan fingerprint density at radius 3 is 2.79 bits per heavy atom. The number of rotatable bonds is 12. The summed E-state index contributed by atoms with van der Waals surface area (Å²) in [6, 6.07) is 3.92. The Labute approximate surface area is 146 Å². The summed E-state index contributed by atoms with van der Waals surface area (Å²) in [5, 5.41) is 6.62. The number of aromatic nitrogens is 1. The summed E-state index contributed by atoms with van der Waals surface area (Å²) >= 11 is 0. The van der Waals surface area contributed by atoms with Gasteiger partial charge < -0.3 is 20.1 Å². The van der Waals surface area contributed by atoms with Crippen LogP contribution in [0.5, 0.6) is 5.88 Å². The first-order valence-electron chi connectivity index (χ1n) is 8.98. The summed E-state index contributed by atoms with van der Waals surface area (Å²) in [5.41, 5.74) is 1.000. The average Bonchev–Trinajstić information content (AvgIpc) is 2.61. The standard InChI is InChI=1S/C18H32N4O2/c1-4-13-24-17-16(10-9-12-20-17)15-22-18(19-5-2)21-11-7-8-14-23-6-3/h9-10,12H,4-8,11,13-15H2,1-3H3,(H2,19,21,22). The highest BCUT2D eigenvalue weighted by molar-refractivity contribution is 5.79. The average molecular weight is 336 g/mol. The molecule has 6 heteroatoms. The molecule has 0 bridgehead atoms. The first-order valence-corrected chi connectivity index (χ1v) is 8.98. The van der Waals surface area contributed by atoms with Crippen LogP contribution >= 0.6 is 0 Å². The van der Waals surface area contributed by atoms with E-state index >= 15 is 0 Å². The van der Waals surface area contributed by atoms with Crippen molar-refractivity contribution in [2.45, 2.75) is 46.6 Å². The van der Waals surface area contributed by atoms with Crippen molar-refractivity contribution >= 4 is 5.96 Å². The van der Waals surface area contributed by atoms with Crippen molar-refractivity contribution in [3.63, 3.8) is 0 Å². The van der Waals surface area contributed by atoms with Crippen molar-refractivity contribution in [2.75, 3.05) is 32.9 Å². The Morgan fingerprint density at radius 1 is 1.17 bits per heavy atom. The van der Waals surface area contributed by atoms with Crippen molar-refractivity contribution in [1.29, 1.82) is 0 Å². The van der Waals surface area contributed by atoms with Gasteiger partial charge in [-0.15, -0.1) is 0 Å². The molecule has 6 nitrogen and oxygen atoms in total. The molecule has 0 aliphatic carbocycles. The van der Waals surface area contributed by atoms with Crippen LogP contribution in [-0.2, 0) is 11.3 Å². The molecule has 1 aromatic heterocycles. The molecule has 2 N–H and O–H groups in total. The van der Waals surface area contributed by atoms with Gasteiger partial charge in [0.2, 0.25) is 5.88 Å². The van der Waals surface area contributed by atoms with Crippen molar-refractivity contribution in [3.05, 3.63) is 23.9 Å². The number of pyridine rings is 1. The van der Waals surface area contributed by atoms with Crippen LogP contribution < -0.4 is 15.4 Å². The van der Waals surface area contributed by atoms with Gasteiger partial charge in [-0.2, -0.15) is 0 Å². The summed E-state index contributed by atoms with van der Waals surface area (Å²) < 4.78 is 11.0. The molecule has 1 heterocycles. The Bertz CT molecular complexity index is 466. The molecule has 24 heavy (non-hydrogen) atoms. The number of nitrogens with zero attached hydrogens (tertiary/aromatic N) is 2. The van der Waals surface area contributed by atoms with Crippen LogP contribution in [0.15, 0.2) is 23.3 Å². The van der Waals surface area contributed by atoms with Gasteiger partial charge in [0.25, 0.3) is 0 Å². The highest BCUT2D eigenvalue weighted by Gasteiger charge is 2.04. The second-order valence-electron chi connectivity index (χ2n) is 5.34. The van der Waals surface area contributed by atoms with Crippen molar-refractivity contribution < 1.29 is 9.47 Å². The largest absolute Gasteiger partial charge is 0.477 e. The molecule has 0 amide bonds. The number of guanidine groups is 1. The summed E-state index contributed by atoms with van der Waals surface area (Å²) in [6.07, 6.45) is 4.82. The van der Waals surface area contributed by atoms with E-state index in [9.17, 15) is 0 Å². The number of hydrogen-bond acceptors (Lipinski definition) is 4. The molecule has 0 aliphatic heterocycles. The van der Waals surface area contributed by atoms with Crippen LogP contribution in [0.3, 0.4) is 0 Å². The van der Waals surface area contributed by atoms with Crippen molar-refractivity contribution in [3.8, 4) is 5.88 Å². The lowest BCUT2D eigenvalue weighted by atomic mass is 10.3. The van der Waals surface area contributed by atoms with E-state index in [-0.39, 0.29) is 0 Å². The van der Waals surface area contributed by atoms with Gasteiger partial charge in [-0.05, 0) is 39.2 Å². The van der Waals surface area contributed by atoms with Crippen LogP contribution in [0.4, 0.5) is 0 Å². The minimum absolute atomic E-state index is 0.543. The molecule has 1 aromatic rings. The van der Waals surface area contributed by atoms with Gasteiger partial charge in [0.1, 0.15) is 0 Å². The molecule has 0 radical (unpaired) electrons. The van der Waals surface area contributed by atoms with Gasteiger partial charge in [0, 0.05) is 38.1 Å². The minimum atomic E-state index is 0.543. The van der Waals surface area contributed by atoms with Gasteiger partial charge in [0.15, 0.2) is 5.96 Å². The fourth-order valence-electron chi connectivity index (χ4n) is 2.06. The number of unbranched alkanes of at least 4 members (excludes halogenated alkanes) is 1. The predicted molar refractivity (Wildman–Crippen MR) is 98.6 cm³/mol. The molecule has 0 fully saturated rings. The van der Waals surface area contributed by atoms with Crippen LogP contribution in [0, 0.1) is 0 Å². The molecule has 0 spiro atoms. The molecular weight excluding hydrogens is 304 g/mol. The predicted octanol–water partition coefficient (Wildman–Crippen LogP) is 2.74. The Kier molecular flexibility index (Phi) is 11.5. The Balaban J connectivity index is 2.50. The van der Waals surface area contributed by atoms with Crippen LogP contribution in [0.1, 0.15) is 45.6 Å². The van der Waals surface area contributed by atoms with E-state index in [1.807, 2.05) is 19.1 Å². The molecule has 0 unspecified atom stereocenters. The molecule has 136 valence electrons. The van der Waals surface area contributed by atoms with Gasteiger partial charge >= 0.3 is 0 Å². The first-order chi connectivity index (χ1) is 11.8. The smallest absolute Gasteiger partial charge is 0.218 e. The third-order valence-electron chi connectivity index (χ3n) is 3.26. The SMILES string of the molecule is CCCOc1ncccc1CN=C(NCC)NCCCCOCC. The van der Waals surface area contributed by atoms with Gasteiger partial charge in [-0.25, -0.2) is 9.98 Å². The highest BCUT2D eigenvalue weighted by atomic mass is 16.5. The van der Waals surface area contributed by atoms with Gasteiger partial charge in [-0.3, -0.25) is 0 Å². The summed E-state index contributed by atoms with van der Waals surface area (Å²) in [5.74, 6) is 1.50. The monoisotopic (exact) mass is 336 g/mol. The van der Waals surface area contributed by atoms with E-state index in [0.29, 0.717) is 19.0 Å². The number of hydrogen-bond donors (Lipinski definition) is 2. The van der Waals surface area contributed by atoms with Gasteiger partial charge in [0.05, 0.1) is 13.2 Å². The van der Waals surface area contributed by atoms with E-state index in [0.717, 1.165) is 57.1 Å². The zero-order valence-electron chi connectivity index (χ0n) is 15.3. The fourth-order valence-corrected chi connectivity index (χ4v) is 2.06. The minimum Gasteiger partial charge on any atom is -0.477 e. The summed E-state index contributed by atoms with van der Waals surface area (Å²) in [4.78, 5) is 8.93. The van der Waals surface area contributed by atoms with Gasteiger partial charge in [-0.1, -0.05) is 13.0 Å². The Morgan fingerprint density at radius 2 is 2.04 bits per heavy atom. The second-order valence-corrected chi connectivity index (χ2v) is 5.34. The summed E-state index contributed by atoms with van der Waals surface area (Å²) in [7, 11) is 0. The van der Waals surface area contributed by atoms with E-state index in [4.69, 9.17) is 9.47 Å². The molecule has 0 aliphatic rings. The second kappa shape index (κ2) is 13.6. The van der Waals surface area contributed by atoms with Crippen molar-refractivity contribution in [2.24, 2.45) is 4.99 Å². The molecule has 0 atom stereocenters. The molecule has 0 aromatic carbocycles. The number of aliphatic imine (C=N–C) groups is 1. The zero-order chi connectivity index (χ0) is 17.5. The number of ether oxygens (including phenoxy) is 2. The van der Waals surface area contributed by atoms with E-state index in [1.165, 1.54) is 0 Å².